The molecule has 0 atom stereocenters. The molecule has 1 N–H and O–H groups in total. The average molecular weight is 317 g/mol. The first-order valence-electron chi connectivity index (χ1n) is 7.21. The molecule has 0 spiro atoms. The number of hydrogen-bond acceptors (Lipinski definition) is 5. The van der Waals surface area contributed by atoms with Gasteiger partial charge in [-0.1, -0.05) is 17.7 Å². The van der Waals surface area contributed by atoms with Crippen LogP contribution in [0.1, 0.15) is 17.2 Å². The maximum absolute atomic E-state index is 9.26. The summed E-state index contributed by atoms with van der Waals surface area (Å²) >= 11 is 6.28. The van der Waals surface area contributed by atoms with Crippen LogP contribution in [0.4, 0.5) is 5.69 Å². The van der Waals surface area contributed by atoms with Crippen molar-refractivity contribution in [2.24, 2.45) is 0 Å². The molecule has 0 saturated carbocycles. The van der Waals surface area contributed by atoms with Crippen LogP contribution in [0.2, 0.25) is 5.02 Å². The van der Waals surface area contributed by atoms with Gasteiger partial charge < -0.3 is 4.90 Å². The Kier molecular flexibility index (Phi) is 4.27. The molecule has 6 nitrogen and oxygen atoms in total. The van der Waals surface area contributed by atoms with Gasteiger partial charge in [0.1, 0.15) is 11.9 Å². The first kappa shape index (κ1) is 14.8. The lowest BCUT2D eigenvalue weighted by Crippen LogP contribution is -2.46. The van der Waals surface area contributed by atoms with E-state index in [2.05, 4.69) is 31.1 Å². The van der Waals surface area contributed by atoms with E-state index >= 15 is 0 Å². The number of nitrogens with one attached hydrogen (secondary N) is 1. The van der Waals surface area contributed by atoms with E-state index in [0.717, 1.165) is 50.1 Å². The minimum absolute atomic E-state index is 0.630. The van der Waals surface area contributed by atoms with Crippen molar-refractivity contribution in [1.82, 2.24) is 20.1 Å². The Balaban J connectivity index is 1.66. The molecule has 1 aliphatic heterocycles. The molecule has 1 fully saturated rings. The lowest BCUT2D eigenvalue weighted by Gasteiger charge is -2.36. The summed E-state index contributed by atoms with van der Waals surface area (Å²) in [6.07, 6.45) is 0. The average Bonchev–Trinajstić information content (AvgIpc) is 2.93. The van der Waals surface area contributed by atoms with Crippen molar-refractivity contribution in [2.45, 2.75) is 13.5 Å². The fourth-order valence-corrected chi connectivity index (χ4v) is 3.01. The molecule has 1 aromatic carbocycles. The fourth-order valence-electron chi connectivity index (χ4n) is 2.72. The van der Waals surface area contributed by atoms with Crippen molar-refractivity contribution < 1.29 is 0 Å². The summed E-state index contributed by atoms with van der Waals surface area (Å²) in [7, 11) is 0. The number of rotatable bonds is 3. The van der Waals surface area contributed by atoms with Gasteiger partial charge in [-0.15, -0.1) is 0 Å². The number of anilines is 1. The smallest absolute Gasteiger partial charge is 0.164 e. The number of aromatic amines is 1. The number of halogens is 1. The molecule has 1 aliphatic rings. The van der Waals surface area contributed by atoms with Crippen LogP contribution in [0.3, 0.4) is 0 Å². The summed E-state index contributed by atoms with van der Waals surface area (Å²) in [6.45, 7) is 6.10. The van der Waals surface area contributed by atoms with Crippen molar-refractivity contribution in [3.05, 3.63) is 40.4 Å². The predicted octanol–water partition coefficient (Wildman–Crippen LogP) is 1.96. The van der Waals surface area contributed by atoms with E-state index in [-0.39, 0.29) is 0 Å². The Hall–Kier alpha value is -2.10. The highest BCUT2D eigenvalue weighted by atomic mass is 35.5. The van der Waals surface area contributed by atoms with Gasteiger partial charge in [-0.2, -0.15) is 10.4 Å². The molecular formula is C15H17ClN6. The maximum Gasteiger partial charge on any atom is 0.164 e. The van der Waals surface area contributed by atoms with E-state index in [0.29, 0.717) is 10.6 Å². The van der Waals surface area contributed by atoms with Crippen molar-refractivity contribution in [3.63, 3.8) is 0 Å². The number of nitriles is 1. The molecule has 0 aliphatic carbocycles. The van der Waals surface area contributed by atoms with E-state index in [1.807, 2.05) is 25.1 Å². The monoisotopic (exact) mass is 316 g/mol. The van der Waals surface area contributed by atoms with Crippen LogP contribution in [0.5, 0.6) is 0 Å². The number of aryl methyl sites for hydroxylation is 1. The van der Waals surface area contributed by atoms with Gasteiger partial charge >= 0.3 is 0 Å². The predicted molar refractivity (Wildman–Crippen MR) is 84.8 cm³/mol. The van der Waals surface area contributed by atoms with Crippen LogP contribution in [-0.2, 0) is 6.54 Å². The number of nitrogens with zero attached hydrogens (tertiary/aromatic N) is 5. The summed E-state index contributed by atoms with van der Waals surface area (Å²) in [5.41, 5.74) is 1.48. The maximum atomic E-state index is 9.26. The highest BCUT2D eigenvalue weighted by Crippen LogP contribution is 2.30. The molecule has 0 unspecified atom stereocenters. The molecule has 114 valence electrons. The SMILES string of the molecule is Cc1nc(CN2CCN(c3c(Cl)cccc3C#N)CC2)n[nH]1. The molecule has 0 bridgehead atoms. The number of hydrogen-bond donors (Lipinski definition) is 1. The van der Waals surface area contributed by atoms with Crippen molar-refractivity contribution >= 4 is 17.3 Å². The van der Waals surface area contributed by atoms with E-state index < -0.39 is 0 Å². The van der Waals surface area contributed by atoms with E-state index in [1.54, 1.807) is 0 Å². The second kappa shape index (κ2) is 6.34. The molecule has 3 rings (SSSR count). The van der Waals surface area contributed by atoms with Crippen LogP contribution in [0.15, 0.2) is 18.2 Å². The number of para-hydroxylation sites is 1. The fraction of sp³-hybridized carbons (Fsp3) is 0.400. The second-order valence-corrected chi connectivity index (χ2v) is 5.76. The molecule has 0 radical (unpaired) electrons. The summed E-state index contributed by atoms with van der Waals surface area (Å²) in [6, 6.07) is 7.68. The van der Waals surface area contributed by atoms with Crippen molar-refractivity contribution in [2.75, 3.05) is 31.1 Å². The minimum Gasteiger partial charge on any atom is -0.367 e. The molecule has 1 aromatic heterocycles. The van der Waals surface area contributed by atoms with E-state index in [1.165, 1.54) is 0 Å². The lowest BCUT2D eigenvalue weighted by molar-refractivity contribution is 0.244. The van der Waals surface area contributed by atoms with Crippen LogP contribution < -0.4 is 4.90 Å². The molecule has 22 heavy (non-hydrogen) atoms. The number of piperazine rings is 1. The molecule has 2 heterocycles. The zero-order valence-corrected chi connectivity index (χ0v) is 13.1. The van der Waals surface area contributed by atoms with E-state index in [9.17, 15) is 5.26 Å². The molecule has 1 saturated heterocycles. The topological polar surface area (TPSA) is 71.8 Å². The standard InChI is InChI=1S/C15H17ClN6/c1-11-18-14(20-19-11)10-21-5-7-22(8-6-21)15-12(9-17)3-2-4-13(15)16/h2-4H,5-8,10H2,1H3,(H,18,19,20). The van der Waals surface area contributed by atoms with Crippen molar-refractivity contribution in [1.29, 1.82) is 5.26 Å². The van der Waals surface area contributed by atoms with Gasteiger partial charge in [0.05, 0.1) is 22.8 Å². The van der Waals surface area contributed by atoms with Crippen LogP contribution in [0, 0.1) is 18.3 Å². The number of aromatic nitrogens is 3. The normalized spacial score (nSPS) is 15.8. The third-order valence-electron chi connectivity index (χ3n) is 3.80. The van der Waals surface area contributed by atoms with Gasteiger partial charge in [-0.25, -0.2) is 4.98 Å². The Bertz CT molecular complexity index is 696. The Morgan fingerprint density at radius 2 is 2.09 bits per heavy atom. The van der Waals surface area contributed by atoms with Gasteiger partial charge in [0.25, 0.3) is 0 Å². The third kappa shape index (κ3) is 3.06. The van der Waals surface area contributed by atoms with Gasteiger partial charge in [0, 0.05) is 26.2 Å². The van der Waals surface area contributed by atoms with Crippen LogP contribution in [0.25, 0.3) is 0 Å². The third-order valence-corrected chi connectivity index (χ3v) is 4.11. The van der Waals surface area contributed by atoms with Gasteiger partial charge in [0.15, 0.2) is 5.82 Å². The summed E-state index contributed by atoms with van der Waals surface area (Å²) < 4.78 is 0. The molecular weight excluding hydrogens is 300 g/mol. The van der Waals surface area contributed by atoms with Gasteiger partial charge in [0.2, 0.25) is 0 Å². The molecule has 2 aromatic rings. The summed E-state index contributed by atoms with van der Waals surface area (Å²) in [5, 5.41) is 16.9. The van der Waals surface area contributed by atoms with Gasteiger partial charge in [-0.3, -0.25) is 10.00 Å². The lowest BCUT2D eigenvalue weighted by atomic mass is 10.1. The Labute approximate surface area is 134 Å². The zero-order valence-electron chi connectivity index (χ0n) is 12.4. The number of H-pyrrole nitrogens is 1. The highest BCUT2D eigenvalue weighted by Gasteiger charge is 2.22. The van der Waals surface area contributed by atoms with Gasteiger partial charge in [-0.05, 0) is 19.1 Å². The Morgan fingerprint density at radius 3 is 2.73 bits per heavy atom. The first-order valence-corrected chi connectivity index (χ1v) is 7.59. The van der Waals surface area contributed by atoms with Crippen LogP contribution >= 0.6 is 11.6 Å². The van der Waals surface area contributed by atoms with Crippen molar-refractivity contribution in [3.8, 4) is 6.07 Å². The van der Waals surface area contributed by atoms with E-state index in [4.69, 9.17) is 11.6 Å². The van der Waals surface area contributed by atoms with Crippen LogP contribution in [-0.4, -0.2) is 46.3 Å². The second-order valence-electron chi connectivity index (χ2n) is 5.35. The minimum atomic E-state index is 0.630. The number of benzene rings is 1. The summed E-state index contributed by atoms with van der Waals surface area (Å²) in [4.78, 5) is 8.83. The first-order chi connectivity index (χ1) is 10.7. The quantitative estimate of drug-likeness (QED) is 0.937. The molecule has 7 heteroatoms. The zero-order chi connectivity index (χ0) is 15.5. The Morgan fingerprint density at radius 1 is 1.32 bits per heavy atom. The summed E-state index contributed by atoms with van der Waals surface area (Å²) in [5.74, 6) is 1.66. The highest BCUT2D eigenvalue weighted by molar-refractivity contribution is 6.33. The largest absolute Gasteiger partial charge is 0.367 e. The molecule has 0 amide bonds.